The molecule has 0 spiro atoms. The highest BCUT2D eigenvalue weighted by Gasteiger charge is 2.25. The first-order valence-electron chi connectivity index (χ1n) is 8.53. The van der Waals surface area contributed by atoms with Crippen molar-refractivity contribution in [3.8, 4) is 6.07 Å². The lowest BCUT2D eigenvalue weighted by Crippen LogP contribution is -2.13. The van der Waals surface area contributed by atoms with Gasteiger partial charge in [-0.15, -0.1) is 11.3 Å². The number of nitriles is 1. The Hall–Kier alpha value is -3.15. The number of furan rings is 1. The zero-order valence-electron chi connectivity index (χ0n) is 15.6. The Morgan fingerprint density at radius 1 is 1.32 bits per heavy atom. The van der Waals surface area contributed by atoms with Gasteiger partial charge >= 0.3 is 5.97 Å². The summed E-state index contributed by atoms with van der Waals surface area (Å²) < 4.78 is 15.9. The summed E-state index contributed by atoms with van der Waals surface area (Å²) in [7, 11) is 1.53. The third-order valence-corrected chi connectivity index (χ3v) is 5.33. The monoisotopic (exact) mass is 398 g/mol. The molecule has 0 aliphatic heterocycles. The molecule has 3 rings (SSSR count). The third kappa shape index (κ3) is 3.50. The third-order valence-electron chi connectivity index (χ3n) is 4.14. The van der Waals surface area contributed by atoms with Crippen molar-refractivity contribution in [2.24, 2.45) is 0 Å². The predicted molar refractivity (Wildman–Crippen MR) is 105 cm³/mol. The number of ether oxygens (including phenoxy) is 2. The van der Waals surface area contributed by atoms with E-state index in [0.717, 1.165) is 16.7 Å². The molecule has 0 unspecified atom stereocenters. The Labute approximate surface area is 165 Å². The van der Waals surface area contributed by atoms with Crippen LogP contribution in [0.25, 0.3) is 11.0 Å². The molecule has 0 atom stereocenters. The maximum atomic E-state index is 12.9. The average molecular weight is 398 g/mol. The lowest BCUT2D eigenvalue weighted by atomic mass is 10.1. The first-order chi connectivity index (χ1) is 13.5. The Kier molecular flexibility index (Phi) is 5.78. The fourth-order valence-corrected chi connectivity index (χ4v) is 3.90. The van der Waals surface area contributed by atoms with E-state index < -0.39 is 11.9 Å². The van der Waals surface area contributed by atoms with Gasteiger partial charge in [0.2, 0.25) is 0 Å². The van der Waals surface area contributed by atoms with Gasteiger partial charge in [0.25, 0.3) is 5.91 Å². The maximum Gasteiger partial charge on any atom is 0.348 e. The van der Waals surface area contributed by atoms with Crippen molar-refractivity contribution in [2.75, 3.05) is 19.0 Å². The van der Waals surface area contributed by atoms with Gasteiger partial charge in [-0.3, -0.25) is 4.79 Å². The van der Waals surface area contributed by atoms with Crippen LogP contribution in [0.1, 0.15) is 43.8 Å². The summed E-state index contributed by atoms with van der Waals surface area (Å²) in [6.45, 7) is 3.77. The molecule has 0 aliphatic carbocycles. The molecule has 1 N–H and O–H groups in total. The number of anilines is 1. The highest BCUT2D eigenvalue weighted by Crippen LogP contribution is 2.34. The molecule has 1 aromatic carbocycles. The summed E-state index contributed by atoms with van der Waals surface area (Å²) in [6.07, 6.45) is 0. The molecule has 0 aliphatic rings. The summed E-state index contributed by atoms with van der Waals surface area (Å²) >= 11 is 1.01. The molecule has 7 nitrogen and oxygen atoms in total. The minimum atomic E-state index is -0.522. The normalized spacial score (nSPS) is 10.6. The van der Waals surface area contributed by atoms with E-state index in [1.165, 1.54) is 7.11 Å². The van der Waals surface area contributed by atoms with Crippen molar-refractivity contribution < 1.29 is 23.5 Å². The number of nitrogens with zero attached hydrogens (tertiary/aromatic N) is 1. The van der Waals surface area contributed by atoms with Crippen LogP contribution in [0.2, 0.25) is 0 Å². The van der Waals surface area contributed by atoms with Gasteiger partial charge in [-0.25, -0.2) is 4.79 Å². The van der Waals surface area contributed by atoms with Crippen LogP contribution in [0.5, 0.6) is 0 Å². The zero-order valence-corrected chi connectivity index (χ0v) is 16.4. The van der Waals surface area contributed by atoms with Crippen molar-refractivity contribution in [3.05, 3.63) is 51.6 Å². The number of benzene rings is 1. The maximum absolute atomic E-state index is 12.9. The van der Waals surface area contributed by atoms with E-state index in [2.05, 4.69) is 5.32 Å². The Morgan fingerprint density at radius 3 is 2.75 bits per heavy atom. The van der Waals surface area contributed by atoms with Gasteiger partial charge in [-0.1, -0.05) is 18.2 Å². The second-order valence-corrected chi connectivity index (χ2v) is 6.91. The largest absolute Gasteiger partial charge is 0.462 e. The van der Waals surface area contributed by atoms with Gasteiger partial charge in [0.05, 0.1) is 18.8 Å². The van der Waals surface area contributed by atoms with Gasteiger partial charge in [-0.05, 0) is 25.5 Å². The van der Waals surface area contributed by atoms with Crippen LogP contribution in [0.3, 0.4) is 0 Å². The lowest BCUT2D eigenvalue weighted by Gasteiger charge is -2.03. The van der Waals surface area contributed by atoms with E-state index in [-0.39, 0.29) is 34.4 Å². The molecule has 144 valence electrons. The molecular formula is C20H18N2O5S. The Morgan fingerprint density at radius 2 is 2.07 bits per heavy atom. The molecule has 0 fully saturated rings. The van der Waals surface area contributed by atoms with Gasteiger partial charge in [-0.2, -0.15) is 5.26 Å². The minimum Gasteiger partial charge on any atom is -0.462 e. The number of fused-ring (bicyclic) bond motifs is 1. The Balaban J connectivity index is 1.99. The van der Waals surface area contributed by atoms with E-state index in [0.29, 0.717) is 16.7 Å². The summed E-state index contributed by atoms with van der Waals surface area (Å²) in [5.74, 6) is -0.933. The second kappa shape index (κ2) is 8.25. The van der Waals surface area contributed by atoms with E-state index in [1.54, 1.807) is 19.9 Å². The molecule has 28 heavy (non-hydrogen) atoms. The molecule has 0 radical (unpaired) electrons. The summed E-state index contributed by atoms with van der Waals surface area (Å²) in [5.41, 5.74) is 1.89. The van der Waals surface area contributed by atoms with Gasteiger partial charge in [0, 0.05) is 18.1 Å². The van der Waals surface area contributed by atoms with Gasteiger partial charge < -0.3 is 19.2 Å². The number of hydrogen-bond acceptors (Lipinski definition) is 7. The van der Waals surface area contributed by atoms with Crippen molar-refractivity contribution in [3.63, 3.8) is 0 Å². The smallest absolute Gasteiger partial charge is 0.348 e. The van der Waals surface area contributed by atoms with E-state index in [4.69, 9.17) is 13.9 Å². The zero-order chi connectivity index (χ0) is 20.3. The number of para-hydroxylation sites is 1. The molecule has 0 bridgehead atoms. The molecule has 2 heterocycles. The van der Waals surface area contributed by atoms with Crippen LogP contribution in [-0.2, 0) is 16.1 Å². The molecule has 8 heteroatoms. The number of nitrogens with one attached hydrogen (secondary N) is 1. The van der Waals surface area contributed by atoms with Crippen LogP contribution in [0.4, 0.5) is 5.00 Å². The number of esters is 1. The fourth-order valence-electron chi connectivity index (χ4n) is 2.86. The lowest BCUT2D eigenvalue weighted by molar-refractivity contribution is 0.0531. The summed E-state index contributed by atoms with van der Waals surface area (Å²) in [6, 6.07) is 9.31. The fraction of sp³-hybridized carbons (Fsp3) is 0.250. The highest BCUT2D eigenvalue weighted by atomic mass is 32.1. The molecular weight excluding hydrogens is 380 g/mol. The van der Waals surface area contributed by atoms with E-state index >= 15 is 0 Å². The number of amides is 1. The quantitative estimate of drug-likeness (QED) is 0.623. The van der Waals surface area contributed by atoms with Crippen molar-refractivity contribution in [2.45, 2.75) is 20.5 Å². The van der Waals surface area contributed by atoms with E-state index in [9.17, 15) is 14.9 Å². The van der Waals surface area contributed by atoms with E-state index in [1.807, 2.05) is 24.3 Å². The summed E-state index contributed by atoms with van der Waals surface area (Å²) in [4.78, 5) is 25.3. The van der Waals surface area contributed by atoms with Gasteiger partial charge in [0.1, 0.15) is 21.5 Å². The molecule has 0 saturated heterocycles. The number of carbonyl (C=O) groups is 2. The minimum absolute atomic E-state index is 0.107. The predicted octanol–water partition coefficient (Wildman–Crippen LogP) is 4.25. The first-order valence-corrected chi connectivity index (χ1v) is 9.34. The van der Waals surface area contributed by atoms with Gasteiger partial charge in [0.15, 0.2) is 5.76 Å². The first kappa shape index (κ1) is 19.6. The molecule has 3 aromatic rings. The molecule has 1 amide bonds. The second-order valence-electron chi connectivity index (χ2n) is 5.89. The summed E-state index contributed by atoms with van der Waals surface area (Å²) in [5, 5.41) is 13.2. The van der Waals surface area contributed by atoms with Crippen LogP contribution in [0.15, 0.2) is 28.7 Å². The number of hydrogen-bond donors (Lipinski definition) is 1. The van der Waals surface area contributed by atoms with Crippen LogP contribution in [0, 0.1) is 18.3 Å². The van der Waals surface area contributed by atoms with Crippen LogP contribution in [-0.4, -0.2) is 25.6 Å². The Bertz CT molecular complexity index is 1090. The van der Waals surface area contributed by atoms with Crippen LogP contribution < -0.4 is 5.32 Å². The SMILES string of the molecule is CCOC(=O)c1sc(NC(=O)c2oc3ccccc3c2COC)c(C#N)c1C. The van der Waals surface area contributed by atoms with Crippen molar-refractivity contribution >= 4 is 39.2 Å². The number of methoxy groups -OCH3 is 1. The highest BCUT2D eigenvalue weighted by molar-refractivity contribution is 7.18. The topological polar surface area (TPSA) is 102 Å². The standard InChI is InChI=1S/C20H18N2O5S/c1-4-26-20(24)17-11(2)13(9-21)19(28-17)22-18(23)16-14(10-25-3)12-7-5-6-8-15(12)27-16/h5-8H,4,10H2,1-3H3,(H,22,23). The van der Waals surface area contributed by atoms with Crippen molar-refractivity contribution in [1.82, 2.24) is 0 Å². The number of thiophene rings is 1. The number of rotatable bonds is 6. The molecule has 2 aromatic heterocycles. The van der Waals surface area contributed by atoms with Crippen LogP contribution >= 0.6 is 11.3 Å². The molecule has 0 saturated carbocycles. The van der Waals surface area contributed by atoms with Crippen molar-refractivity contribution in [1.29, 1.82) is 5.26 Å². The average Bonchev–Trinajstić information content (AvgIpc) is 3.20. The number of carbonyl (C=O) groups excluding carboxylic acids is 2.